The van der Waals surface area contributed by atoms with E-state index in [-0.39, 0.29) is 23.9 Å². The van der Waals surface area contributed by atoms with Crippen molar-refractivity contribution in [2.24, 2.45) is 0 Å². The highest BCUT2D eigenvalue weighted by atomic mass is 35.5. The van der Waals surface area contributed by atoms with Crippen molar-refractivity contribution >= 4 is 22.4 Å². The third-order valence-electron chi connectivity index (χ3n) is 4.59. The van der Waals surface area contributed by atoms with Crippen LogP contribution in [0.2, 0.25) is 0 Å². The molecule has 3 rings (SSSR count). The lowest BCUT2D eigenvalue weighted by Crippen LogP contribution is -2.48. The number of rotatable bonds is 3. The smallest absolute Gasteiger partial charge is 0.243 e. The number of piperazine rings is 1. The van der Waals surface area contributed by atoms with Gasteiger partial charge in [-0.05, 0) is 34.7 Å². The molecule has 0 spiro atoms. The van der Waals surface area contributed by atoms with Crippen molar-refractivity contribution in [1.82, 2.24) is 14.6 Å². The van der Waals surface area contributed by atoms with Gasteiger partial charge in [-0.25, -0.2) is 8.42 Å². The highest BCUT2D eigenvalue weighted by Gasteiger charge is 2.34. The molecule has 0 amide bonds. The van der Waals surface area contributed by atoms with Crippen molar-refractivity contribution in [3.63, 3.8) is 0 Å². The lowest BCUT2D eigenvalue weighted by Gasteiger charge is -2.35. The van der Waals surface area contributed by atoms with Gasteiger partial charge in [-0.15, -0.1) is 12.4 Å². The monoisotopic (exact) mass is 395 g/mol. The molecule has 1 aromatic heterocycles. The fourth-order valence-corrected chi connectivity index (χ4v) is 4.71. The van der Waals surface area contributed by atoms with E-state index in [0.717, 1.165) is 11.1 Å². The van der Waals surface area contributed by atoms with Crippen molar-refractivity contribution in [2.45, 2.75) is 37.1 Å². The number of aromatic nitrogens is 1. The molecule has 1 aliphatic rings. The van der Waals surface area contributed by atoms with Gasteiger partial charge in [0.15, 0.2) is 0 Å². The zero-order valence-corrected chi connectivity index (χ0v) is 17.0. The molecule has 1 saturated heterocycles. The number of nitrogens with zero attached hydrogens (tertiary/aromatic N) is 2. The van der Waals surface area contributed by atoms with Gasteiger partial charge in [0.2, 0.25) is 10.0 Å². The highest BCUT2D eigenvalue weighted by Crippen LogP contribution is 2.30. The number of nitrogens with one attached hydrogen (secondary N) is 1. The maximum absolute atomic E-state index is 13.2. The summed E-state index contributed by atoms with van der Waals surface area (Å²) in [7, 11) is -3.56. The maximum atomic E-state index is 13.2. The third kappa shape index (κ3) is 4.26. The molecule has 1 unspecified atom stereocenters. The molecule has 1 atom stereocenters. The molecular formula is C19H26ClN3O2S. The SMILES string of the molecule is CC(C)(C)c1ccc(S(=O)(=O)N2CCNCC2c2cccnc2)cc1.Cl. The van der Waals surface area contributed by atoms with Gasteiger partial charge in [0.05, 0.1) is 10.9 Å². The summed E-state index contributed by atoms with van der Waals surface area (Å²) in [6.07, 6.45) is 3.44. The number of hydrogen-bond acceptors (Lipinski definition) is 4. The molecule has 1 N–H and O–H groups in total. The first-order valence-corrected chi connectivity index (χ1v) is 9.97. The van der Waals surface area contributed by atoms with Crippen LogP contribution in [0.25, 0.3) is 0 Å². The molecule has 0 bridgehead atoms. The van der Waals surface area contributed by atoms with Gasteiger partial charge in [-0.2, -0.15) is 4.31 Å². The second kappa shape index (κ2) is 8.05. The fraction of sp³-hybridized carbons (Fsp3) is 0.421. The van der Waals surface area contributed by atoms with E-state index in [1.165, 1.54) is 0 Å². The van der Waals surface area contributed by atoms with Crippen molar-refractivity contribution < 1.29 is 8.42 Å². The van der Waals surface area contributed by atoms with Gasteiger partial charge in [0.25, 0.3) is 0 Å². The van der Waals surface area contributed by atoms with Gasteiger partial charge in [-0.3, -0.25) is 4.98 Å². The molecule has 5 nitrogen and oxygen atoms in total. The molecule has 7 heteroatoms. The second-order valence-corrected chi connectivity index (χ2v) is 9.29. The fourth-order valence-electron chi connectivity index (χ4n) is 3.09. The summed E-state index contributed by atoms with van der Waals surface area (Å²) in [5, 5.41) is 3.28. The molecule has 1 fully saturated rings. The van der Waals surface area contributed by atoms with E-state index in [1.807, 2.05) is 24.3 Å². The standard InChI is InChI=1S/C19H25N3O2S.ClH/c1-19(2,3)16-6-8-17(9-7-16)25(23,24)22-12-11-21-14-18(22)15-5-4-10-20-13-15;/h4-10,13,18,21H,11-12,14H2,1-3H3;1H. The Morgan fingerprint density at radius 2 is 1.85 bits per heavy atom. The zero-order valence-electron chi connectivity index (χ0n) is 15.3. The van der Waals surface area contributed by atoms with Crippen LogP contribution in [0.15, 0.2) is 53.7 Å². The molecule has 0 aliphatic carbocycles. The Morgan fingerprint density at radius 1 is 1.15 bits per heavy atom. The van der Waals surface area contributed by atoms with Crippen LogP contribution < -0.4 is 5.32 Å². The molecule has 0 radical (unpaired) electrons. The molecule has 142 valence electrons. The largest absolute Gasteiger partial charge is 0.313 e. The van der Waals surface area contributed by atoms with Crippen LogP contribution in [-0.2, 0) is 15.4 Å². The number of hydrogen-bond donors (Lipinski definition) is 1. The van der Waals surface area contributed by atoms with E-state index in [0.29, 0.717) is 24.5 Å². The number of pyridine rings is 1. The van der Waals surface area contributed by atoms with Gasteiger partial charge < -0.3 is 5.32 Å². The Balaban J connectivity index is 0.00000243. The van der Waals surface area contributed by atoms with Crippen LogP contribution in [0.1, 0.15) is 37.9 Å². The van der Waals surface area contributed by atoms with Crippen LogP contribution in [0.5, 0.6) is 0 Å². The maximum Gasteiger partial charge on any atom is 0.243 e. The summed E-state index contributed by atoms with van der Waals surface area (Å²) in [5.41, 5.74) is 2.02. The van der Waals surface area contributed by atoms with E-state index in [9.17, 15) is 8.42 Å². The minimum atomic E-state index is -3.56. The normalized spacial score (nSPS) is 19.0. The highest BCUT2D eigenvalue weighted by molar-refractivity contribution is 7.89. The Hall–Kier alpha value is -1.47. The average Bonchev–Trinajstić information content (AvgIpc) is 2.62. The first-order chi connectivity index (χ1) is 11.8. The van der Waals surface area contributed by atoms with Crippen LogP contribution >= 0.6 is 12.4 Å². The quantitative estimate of drug-likeness (QED) is 0.867. The van der Waals surface area contributed by atoms with Crippen LogP contribution in [0.4, 0.5) is 0 Å². The molecule has 0 saturated carbocycles. The third-order valence-corrected chi connectivity index (χ3v) is 6.51. The molecule has 2 heterocycles. The Morgan fingerprint density at radius 3 is 2.42 bits per heavy atom. The van der Waals surface area contributed by atoms with Crippen molar-refractivity contribution in [3.8, 4) is 0 Å². The number of sulfonamides is 1. The topological polar surface area (TPSA) is 62.3 Å². The second-order valence-electron chi connectivity index (χ2n) is 7.40. The van der Waals surface area contributed by atoms with Crippen LogP contribution in [0.3, 0.4) is 0 Å². The lowest BCUT2D eigenvalue weighted by molar-refractivity contribution is 0.271. The molecule has 26 heavy (non-hydrogen) atoms. The van der Waals surface area contributed by atoms with E-state index in [1.54, 1.807) is 28.8 Å². The van der Waals surface area contributed by atoms with Crippen molar-refractivity contribution in [3.05, 3.63) is 59.9 Å². The lowest BCUT2D eigenvalue weighted by atomic mass is 9.87. The summed E-state index contributed by atoms with van der Waals surface area (Å²) in [6, 6.07) is 10.8. The Kier molecular flexibility index (Phi) is 6.45. The summed E-state index contributed by atoms with van der Waals surface area (Å²) >= 11 is 0. The molecule has 2 aromatic rings. The molecule has 1 aromatic carbocycles. The minimum Gasteiger partial charge on any atom is -0.313 e. The summed E-state index contributed by atoms with van der Waals surface area (Å²) < 4.78 is 28.0. The zero-order chi connectivity index (χ0) is 18.1. The summed E-state index contributed by atoms with van der Waals surface area (Å²) in [5.74, 6) is 0. The average molecular weight is 396 g/mol. The number of benzene rings is 1. The minimum absolute atomic E-state index is 0. The van der Waals surface area contributed by atoms with E-state index >= 15 is 0 Å². The summed E-state index contributed by atoms with van der Waals surface area (Å²) in [4.78, 5) is 4.48. The first kappa shape index (κ1) is 20.8. The molecule has 1 aliphatic heterocycles. The molecular weight excluding hydrogens is 370 g/mol. The predicted molar refractivity (Wildman–Crippen MR) is 106 cm³/mol. The Labute approximate surface area is 162 Å². The van der Waals surface area contributed by atoms with E-state index < -0.39 is 10.0 Å². The van der Waals surface area contributed by atoms with Gasteiger partial charge in [0.1, 0.15) is 0 Å². The predicted octanol–water partition coefficient (Wildman–Crippen LogP) is 3.14. The van der Waals surface area contributed by atoms with E-state index in [4.69, 9.17) is 0 Å². The van der Waals surface area contributed by atoms with Crippen molar-refractivity contribution in [1.29, 1.82) is 0 Å². The first-order valence-electron chi connectivity index (χ1n) is 8.53. The van der Waals surface area contributed by atoms with Crippen LogP contribution in [0, 0.1) is 0 Å². The van der Waals surface area contributed by atoms with Crippen molar-refractivity contribution in [2.75, 3.05) is 19.6 Å². The van der Waals surface area contributed by atoms with Gasteiger partial charge in [0, 0.05) is 32.0 Å². The van der Waals surface area contributed by atoms with E-state index in [2.05, 4.69) is 31.1 Å². The summed E-state index contributed by atoms with van der Waals surface area (Å²) in [6.45, 7) is 8.03. The number of halogens is 1. The Bertz CT molecular complexity index is 818. The van der Waals surface area contributed by atoms with Crippen LogP contribution in [-0.4, -0.2) is 37.3 Å². The van der Waals surface area contributed by atoms with Gasteiger partial charge in [-0.1, -0.05) is 39.0 Å². The van der Waals surface area contributed by atoms with Gasteiger partial charge >= 0.3 is 0 Å².